The highest BCUT2D eigenvalue weighted by molar-refractivity contribution is 5.74. The van der Waals surface area contributed by atoms with Crippen LogP contribution in [0.25, 0.3) is 11.3 Å². The van der Waals surface area contributed by atoms with E-state index in [9.17, 15) is 8.78 Å². The monoisotopic (exact) mass is 237 g/mol. The highest BCUT2D eigenvalue weighted by Crippen LogP contribution is 2.31. The average Bonchev–Trinajstić information content (AvgIpc) is 2.30. The zero-order chi connectivity index (χ0) is 12.3. The summed E-state index contributed by atoms with van der Waals surface area (Å²) in [5, 5.41) is 0. The van der Waals surface area contributed by atoms with Crippen molar-refractivity contribution in [2.75, 3.05) is 5.73 Å². The highest BCUT2D eigenvalue weighted by atomic mass is 19.3. The maximum atomic E-state index is 12.2. The van der Waals surface area contributed by atoms with Gasteiger partial charge >= 0.3 is 6.61 Å². The van der Waals surface area contributed by atoms with Gasteiger partial charge in [0.2, 0.25) is 0 Å². The van der Waals surface area contributed by atoms with Crippen molar-refractivity contribution in [2.45, 2.75) is 6.61 Å². The number of benzene rings is 1. The topological polar surface area (TPSA) is 61.0 Å². The van der Waals surface area contributed by atoms with E-state index in [1.54, 1.807) is 18.2 Å². The van der Waals surface area contributed by atoms with Crippen molar-refractivity contribution >= 4 is 5.82 Å². The second-order valence-corrected chi connectivity index (χ2v) is 3.16. The van der Waals surface area contributed by atoms with Crippen LogP contribution < -0.4 is 10.5 Å². The Morgan fingerprint density at radius 2 is 1.82 bits per heavy atom. The van der Waals surface area contributed by atoms with Gasteiger partial charge in [-0.2, -0.15) is 8.78 Å². The minimum atomic E-state index is -2.89. The summed E-state index contributed by atoms with van der Waals surface area (Å²) in [6.07, 6.45) is 2.86. The number of nitrogens with zero attached hydrogens (tertiary/aromatic N) is 2. The Morgan fingerprint density at radius 3 is 2.53 bits per heavy atom. The first-order chi connectivity index (χ1) is 8.18. The number of alkyl halides is 2. The molecule has 0 atom stereocenters. The summed E-state index contributed by atoms with van der Waals surface area (Å²) in [5.74, 6) is 0.188. The molecule has 4 nitrogen and oxygen atoms in total. The lowest BCUT2D eigenvalue weighted by Crippen LogP contribution is -2.04. The van der Waals surface area contributed by atoms with Crippen molar-refractivity contribution in [3.05, 3.63) is 36.7 Å². The molecule has 0 aliphatic heterocycles. The van der Waals surface area contributed by atoms with Crippen molar-refractivity contribution < 1.29 is 13.5 Å². The zero-order valence-corrected chi connectivity index (χ0v) is 8.68. The molecule has 0 radical (unpaired) electrons. The van der Waals surface area contributed by atoms with Crippen molar-refractivity contribution in [3.8, 4) is 17.0 Å². The molecule has 0 fully saturated rings. The summed E-state index contributed by atoms with van der Waals surface area (Å²) in [6.45, 7) is -2.89. The molecule has 0 saturated carbocycles. The molecule has 2 N–H and O–H groups in total. The molecule has 88 valence electrons. The number of hydrogen-bond donors (Lipinski definition) is 1. The second kappa shape index (κ2) is 4.73. The SMILES string of the molecule is Nc1nccnc1-c1ccccc1OC(F)F. The lowest BCUT2D eigenvalue weighted by molar-refractivity contribution is -0.0494. The average molecular weight is 237 g/mol. The van der Waals surface area contributed by atoms with Gasteiger partial charge in [-0.1, -0.05) is 12.1 Å². The van der Waals surface area contributed by atoms with Gasteiger partial charge in [0.1, 0.15) is 17.3 Å². The molecular formula is C11H9F2N3O. The van der Waals surface area contributed by atoms with E-state index in [0.717, 1.165) is 0 Å². The molecule has 0 bridgehead atoms. The molecule has 0 unspecified atom stereocenters. The molecule has 6 heteroatoms. The summed E-state index contributed by atoms with van der Waals surface area (Å²) in [6, 6.07) is 6.29. The maximum absolute atomic E-state index is 12.2. The number of ether oxygens (including phenoxy) is 1. The lowest BCUT2D eigenvalue weighted by Gasteiger charge is -2.10. The van der Waals surface area contributed by atoms with Crippen LogP contribution in [0.15, 0.2) is 36.7 Å². The number of nitrogen functional groups attached to an aromatic ring is 1. The molecule has 0 amide bonds. The van der Waals surface area contributed by atoms with Crippen molar-refractivity contribution in [3.63, 3.8) is 0 Å². The second-order valence-electron chi connectivity index (χ2n) is 3.16. The van der Waals surface area contributed by atoms with Gasteiger partial charge in [0, 0.05) is 18.0 Å². The van der Waals surface area contributed by atoms with Crippen LogP contribution in [0.3, 0.4) is 0 Å². The van der Waals surface area contributed by atoms with Gasteiger partial charge in [-0.15, -0.1) is 0 Å². The first-order valence-electron chi connectivity index (χ1n) is 4.79. The van der Waals surface area contributed by atoms with E-state index in [0.29, 0.717) is 11.3 Å². The molecule has 17 heavy (non-hydrogen) atoms. The van der Waals surface area contributed by atoms with Crippen LogP contribution >= 0.6 is 0 Å². The molecule has 2 aromatic rings. The normalized spacial score (nSPS) is 10.5. The molecule has 1 aromatic heterocycles. The number of nitrogens with two attached hydrogens (primary N) is 1. The summed E-state index contributed by atoms with van der Waals surface area (Å²) >= 11 is 0. The Morgan fingerprint density at radius 1 is 1.12 bits per heavy atom. The number of rotatable bonds is 3. The van der Waals surface area contributed by atoms with Gasteiger partial charge in [0.05, 0.1) is 0 Å². The Hall–Kier alpha value is -2.24. The van der Waals surface area contributed by atoms with Crippen molar-refractivity contribution in [1.82, 2.24) is 9.97 Å². The number of aromatic nitrogens is 2. The van der Waals surface area contributed by atoms with Crippen LogP contribution in [-0.4, -0.2) is 16.6 Å². The molecule has 2 rings (SSSR count). The molecule has 0 spiro atoms. The van der Waals surface area contributed by atoms with Crippen LogP contribution in [0.5, 0.6) is 5.75 Å². The maximum Gasteiger partial charge on any atom is 0.387 e. The fraction of sp³-hybridized carbons (Fsp3) is 0.0909. The molecule has 1 aromatic carbocycles. The third kappa shape index (κ3) is 2.47. The van der Waals surface area contributed by atoms with Crippen LogP contribution in [0, 0.1) is 0 Å². The summed E-state index contributed by atoms with van der Waals surface area (Å²) in [4.78, 5) is 7.85. The van der Waals surface area contributed by atoms with Crippen LogP contribution in [0.1, 0.15) is 0 Å². The fourth-order valence-electron chi connectivity index (χ4n) is 1.42. The Bertz CT molecular complexity index is 520. The minimum absolute atomic E-state index is 0.0229. The number of anilines is 1. The highest BCUT2D eigenvalue weighted by Gasteiger charge is 2.13. The van der Waals surface area contributed by atoms with Crippen LogP contribution in [-0.2, 0) is 0 Å². The summed E-state index contributed by atoms with van der Waals surface area (Å²) in [7, 11) is 0. The largest absolute Gasteiger partial charge is 0.434 e. The van der Waals surface area contributed by atoms with Crippen LogP contribution in [0.4, 0.5) is 14.6 Å². The van der Waals surface area contributed by atoms with E-state index in [-0.39, 0.29) is 11.6 Å². The third-order valence-electron chi connectivity index (χ3n) is 2.08. The van der Waals surface area contributed by atoms with E-state index in [2.05, 4.69) is 14.7 Å². The van der Waals surface area contributed by atoms with Crippen LogP contribution in [0.2, 0.25) is 0 Å². The predicted molar refractivity (Wildman–Crippen MR) is 58.5 cm³/mol. The summed E-state index contributed by atoms with van der Waals surface area (Å²) in [5.41, 5.74) is 6.35. The molecule has 0 aliphatic rings. The first kappa shape index (κ1) is 11.3. The quantitative estimate of drug-likeness (QED) is 0.889. The smallest absolute Gasteiger partial charge is 0.387 e. The first-order valence-corrected chi connectivity index (χ1v) is 4.79. The van der Waals surface area contributed by atoms with Gasteiger partial charge in [-0.25, -0.2) is 4.98 Å². The molecule has 1 heterocycles. The molecule has 0 aliphatic carbocycles. The Balaban J connectivity index is 2.48. The van der Waals surface area contributed by atoms with E-state index >= 15 is 0 Å². The third-order valence-corrected chi connectivity index (χ3v) is 2.08. The van der Waals surface area contributed by atoms with Gasteiger partial charge in [0.25, 0.3) is 0 Å². The number of halogens is 2. The zero-order valence-electron chi connectivity index (χ0n) is 8.68. The van der Waals surface area contributed by atoms with Gasteiger partial charge in [-0.3, -0.25) is 4.98 Å². The lowest BCUT2D eigenvalue weighted by atomic mass is 10.1. The Kier molecular flexibility index (Phi) is 3.13. The standard InChI is InChI=1S/C11H9F2N3O/c12-11(13)17-8-4-2-1-3-7(8)9-10(14)16-6-5-15-9/h1-6,11H,(H2,14,16). The van der Waals surface area contributed by atoms with Gasteiger partial charge < -0.3 is 10.5 Å². The number of para-hydroxylation sites is 1. The van der Waals surface area contributed by atoms with Gasteiger partial charge in [-0.05, 0) is 12.1 Å². The Labute approximate surface area is 96.1 Å². The molecule has 0 saturated heterocycles. The van der Waals surface area contributed by atoms with E-state index < -0.39 is 6.61 Å². The fourth-order valence-corrected chi connectivity index (χ4v) is 1.42. The van der Waals surface area contributed by atoms with Crippen molar-refractivity contribution in [1.29, 1.82) is 0 Å². The minimum Gasteiger partial charge on any atom is -0.434 e. The van der Waals surface area contributed by atoms with E-state index in [1.807, 2.05) is 0 Å². The van der Waals surface area contributed by atoms with E-state index in [4.69, 9.17) is 5.73 Å². The predicted octanol–water partition coefficient (Wildman–Crippen LogP) is 2.33. The summed E-state index contributed by atoms with van der Waals surface area (Å²) < 4.78 is 28.9. The number of hydrogen-bond acceptors (Lipinski definition) is 4. The van der Waals surface area contributed by atoms with Crippen molar-refractivity contribution in [2.24, 2.45) is 0 Å². The van der Waals surface area contributed by atoms with E-state index in [1.165, 1.54) is 18.5 Å². The molecular weight excluding hydrogens is 228 g/mol. The van der Waals surface area contributed by atoms with Gasteiger partial charge in [0.15, 0.2) is 0 Å².